The molecule has 0 spiro atoms. The Labute approximate surface area is 346 Å². The Hall–Kier alpha value is -7.16. The van der Waals surface area contributed by atoms with Crippen LogP contribution < -0.4 is 15.5 Å². The van der Waals surface area contributed by atoms with E-state index in [-0.39, 0.29) is 5.41 Å². The average molecular weight is 757 g/mol. The van der Waals surface area contributed by atoms with Crippen molar-refractivity contribution in [2.45, 2.75) is 32.1 Å². The van der Waals surface area contributed by atoms with Gasteiger partial charge in [0.2, 0.25) is 0 Å². The van der Waals surface area contributed by atoms with Crippen molar-refractivity contribution in [3.05, 3.63) is 216 Å². The fourth-order valence-electron chi connectivity index (χ4n) is 9.60. The lowest BCUT2D eigenvalue weighted by molar-refractivity contribution is 0.660. The number of rotatable bonds is 7. The normalized spacial score (nSPS) is 13.5. The highest BCUT2D eigenvalue weighted by Gasteiger charge is 2.35. The zero-order valence-electron chi connectivity index (χ0n) is 33.4. The van der Waals surface area contributed by atoms with Gasteiger partial charge in [-0.15, -0.1) is 0 Å². The predicted octanol–water partition coefficient (Wildman–Crippen LogP) is 13.8. The smallest absolute Gasteiger partial charge is 0.0541 e. The van der Waals surface area contributed by atoms with Gasteiger partial charge in [0.05, 0.1) is 5.52 Å². The summed E-state index contributed by atoms with van der Waals surface area (Å²) in [5, 5.41) is 3.93. The average Bonchev–Trinajstić information content (AvgIpc) is 3.75. The van der Waals surface area contributed by atoms with Crippen molar-refractivity contribution < 1.29 is 0 Å². The summed E-state index contributed by atoms with van der Waals surface area (Å²) < 4.78 is 2.44. The summed E-state index contributed by atoms with van der Waals surface area (Å²) in [5.74, 6) is 0. The second-order valence-electron chi connectivity index (χ2n) is 16.5. The Morgan fingerprint density at radius 3 is 1.59 bits per heavy atom. The Morgan fingerprint density at radius 2 is 0.932 bits per heavy atom. The molecule has 0 saturated carbocycles. The van der Waals surface area contributed by atoms with Crippen LogP contribution in [0.2, 0.25) is 0 Å². The summed E-state index contributed by atoms with van der Waals surface area (Å²) >= 11 is 0. The summed E-state index contributed by atoms with van der Waals surface area (Å²) in [5.41, 5.74) is 18.5. The van der Waals surface area contributed by atoms with Crippen molar-refractivity contribution in [1.82, 2.24) is 4.57 Å². The third-order valence-corrected chi connectivity index (χ3v) is 12.6. The molecule has 0 aliphatic heterocycles. The van der Waals surface area contributed by atoms with Crippen molar-refractivity contribution in [3.8, 4) is 50.2 Å². The number of nitrogens with zero attached hydrogens (tertiary/aromatic N) is 2. The van der Waals surface area contributed by atoms with Crippen LogP contribution in [0.4, 0.5) is 17.1 Å². The standard InChI is InChI=1S/C57H44N2/c1-57(2)53-19-11-9-17-49(53)50-35-34-48(38-54(50)57)58(45-28-21-41(22-29-45)39-13-5-3-6-14-39)46-30-25-43(26-31-46)44-27-36-56-52(37-44)51-18-10-12-20-55(51)59(56)47-32-23-42(24-33-47)40-15-7-4-8-16-40/h3-9,11,13-38H,10,12H2,1-2H3. The van der Waals surface area contributed by atoms with E-state index >= 15 is 0 Å². The molecule has 1 heterocycles. The summed E-state index contributed by atoms with van der Waals surface area (Å²) in [6.07, 6.45) is 6.96. The van der Waals surface area contributed by atoms with Gasteiger partial charge in [0.25, 0.3) is 0 Å². The maximum atomic E-state index is 2.44. The van der Waals surface area contributed by atoms with Gasteiger partial charge in [0.15, 0.2) is 0 Å². The highest BCUT2D eigenvalue weighted by atomic mass is 15.1. The lowest BCUT2D eigenvalue weighted by atomic mass is 9.82. The molecule has 0 unspecified atom stereocenters. The maximum Gasteiger partial charge on any atom is 0.0541 e. The van der Waals surface area contributed by atoms with Crippen LogP contribution in [0.15, 0.2) is 194 Å². The first-order chi connectivity index (χ1) is 29.0. The molecule has 0 atom stereocenters. The quantitative estimate of drug-likeness (QED) is 0.157. The molecule has 0 amide bonds. The van der Waals surface area contributed by atoms with Gasteiger partial charge in [-0.05, 0) is 129 Å². The summed E-state index contributed by atoms with van der Waals surface area (Å²) in [6, 6.07) is 71.3. The highest BCUT2D eigenvalue weighted by molar-refractivity contribution is 5.90. The number of fused-ring (bicyclic) bond motifs is 6. The van der Waals surface area contributed by atoms with E-state index in [1.807, 2.05) is 0 Å². The van der Waals surface area contributed by atoms with Gasteiger partial charge < -0.3 is 9.47 Å². The SMILES string of the molecule is CC1(C)c2ccccc2-c2ccc(N(c3ccc(-c4ccccc4)cc3)c3ccc(-c4ccc5c(c4)c4c(n5-c5ccc(-c6ccccc6)cc5)=CCCC=4)cc3)cc21. The van der Waals surface area contributed by atoms with E-state index in [2.05, 4.69) is 230 Å². The highest BCUT2D eigenvalue weighted by Crippen LogP contribution is 2.50. The van der Waals surface area contributed by atoms with Crippen molar-refractivity contribution >= 4 is 40.1 Å². The van der Waals surface area contributed by atoms with Crippen LogP contribution >= 0.6 is 0 Å². The minimum Gasteiger partial charge on any atom is -0.310 e. The van der Waals surface area contributed by atoms with Crippen LogP contribution in [0.3, 0.4) is 0 Å². The van der Waals surface area contributed by atoms with E-state index in [1.54, 1.807) is 0 Å². The van der Waals surface area contributed by atoms with Crippen molar-refractivity contribution in [2.24, 2.45) is 0 Å². The molecule has 2 aliphatic carbocycles. The number of hydrogen-bond donors (Lipinski definition) is 0. The number of aromatic nitrogens is 1. The summed E-state index contributed by atoms with van der Waals surface area (Å²) in [4.78, 5) is 2.41. The Morgan fingerprint density at radius 1 is 0.424 bits per heavy atom. The Kier molecular flexibility index (Phi) is 8.34. The molecule has 9 aromatic rings. The van der Waals surface area contributed by atoms with Crippen LogP contribution in [0.1, 0.15) is 37.8 Å². The minimum atomic E-state index is -0.0911. The molecule has 0 bridgehead atoms. The fourth-order valence-corrected chi connectivity index (χ4v) is 9.60. The number of hydrogen-bond acceptors (Lipinski definition) is 1. The van der Waals surface area contributed by atoms with Gasteiger partial charge in [-0.2, -0.15) is 0 Å². The van der Waals surface area contributed by atoms with Gasteiger partial charge in [0, 0.05) is 44.1 Å². The molecule has 8 aromatic carbocycles. The largest absolute Gasteiger partial charge is 0.310 e. The Balaban J connectivity index is 0.979. The predicted molar refractivity (Wildman–Crippen MR) is 249 cm³/mol. The van der Waals surface area contributed by atoms with E-state index in [0.717, 1.165) is 29.9 Å². The molecule has 1 aromatic heterocycles. The van der Waals surface area contributed by atoms with Crippen molar-refractivity contribution in [2.75, 3.05) is 4.90 Å². The molecule has 2 nitrogen and oxygen atoms in total. The zero-order valence-corrected chi connectivity index (χ0v) is 33.4. The van der Waals surface area contributed by atoms with E-state index < -0.39 is 0 Å². The van der Waals surface area contributed by atoms with Crippen LogP contribution in [0.5, 0.6) is 0 Å². The first kappa shape index (κ1) is 35.0. The topological polar surface area (TPSA) is 8.17 Å². The minimum absolute atomic E-state index is 0.0911. The third kappa shape index (κ3) is 5.94. The number of anilines is 3. The zero-order chi connectivity index (χ0) is 39.5. The molecule has 59 heavy (non-hydrogen) atoms. The van der Waals surface area contributed by atoms with Crippen LogP contribution in [0, 0.1) is 0 Å². The molecule has 0 radical (unpaired) electrons. The van der Waals surface area contributed by atoms with Crippen LogP contribution in [-0.2, 0) is 5.41 Å². The molecule has 0 N–H and O–H groups in total. The molecule has 282 valence electrons. The van der Waals surface area contributed by atoms with Crippen LogP contribution in [0.25, 0.3) is 73.2 Å². The lowest BCUT2D eigenvalue weighted by Crippen LogP contribution is -2.30. The Bertz CT molecular complexity index is 3130. The third-order valence-electron chi connectivity index (χ3n) is 12.6. The van der Waals surface area contributed by atoms with Gasteiger partial charge in [-0.1, -0.05) is 159 Å². The monoisotopic (exact) mass is 756 g/mol. The van der Waals surface area contributed by atoms with Gasteiger partial charge >= 0.3 is 0 Å². The molecule has 11 rings (SSSR count). The van der Waals surface area contributed by atoms with E-state index in [9.17, 15) is 0 Å². The second kappa shape index (κ2) is 14.0. The van der Waals surface area contributed by atoms with E-state index in [4.69, 9.17) is 0 Å². The molecular weight excluding hydrogens is 713 g/mol. The summed E-state index contributed by atoms with van der Waals surface area (Å²) in [7, 11) is 0. The molecule has 0 fully saturated rings. The van der Waals surface area contributed by atoms with E-state index in [1.165, 1.54) is 82.8 Å². The van der Waals surface area contributed by atoms with Gasteiger partial charge in [-0.3, -0.25) is 0 Å². The molecule has 0 saturated heterocycles. The number of benzene rings is 8. The van der Waals surface area contributed by atoms with E-state index in [0.29, 0.717) is 0 Å². The lowest BCUT2D eigenvalue weighted by Gasteiger charge is -2.28. The first-order valence-electron chi connectivity index (χ1n) is 20.8. The molecular formula is C57H44N2. The fraction of sp³-hybridized carbons (Fsp3) is 0.0877. The van der Waals surface area contributed by atoms with Crippen molar-refractivity contribution in [3.63, 3.8) is 0 Å². The van der Waals surface area contributed by atoms with Crippen LogP contribution in [-0.4, -0.2) is 4.57 Å². The summed E-state index contributed by atoms with van der Waals surface area (Å²) in [6.45, 7) is 4.71. The van der Waals surface area contributed by atoms with Gasteiger partial charge in [-0.25, -0.2) is 0 Å². The van der Waals surface area contributed by atoms with Gasteiger partial charge in [0.1, 0.15) is 0 Å². The second-order valence-corrected chi connectivity index (χ2v) is 16.5. The molecule has 2 aliphatic rings. The maximum absolute atomic E-state index is 2.44. The first-order valence-corrected chi connectivity index (χ1v) is 20.8. The molecule has 2 heteroatoms. The van der Waals surface area contributed by atoms with Crippen molar-refractivity contribution in [1.29, 1.82) is 0 Å².